The largest absolute Gasteiger partial charge is 0.349 e. The third-order valence-corrected chi connectivity index (χ3v) is 3.24. The fourth-order valence-electron chi connectivity index (χ4n) is 1.57. The van der Waals surface area contributed by atoms with Gasteiger partial charge in [0.15, 0.2) is 0 Å². The predicted octanol–water partition coefficient (Wildman–Crippen LogP) is 2.80. The lowest BCUT2D eigenvalue weighted by molar-refractivity contribution is 0.0941. The van der Waals surface area contributed by atoms with Gasteiger partial charge in [-0.2, -0.15) is 0 Å². The van der Waals surface area contributed by atoms with Crippen LogP contribution in [0.2, 0.25) is 0 Å². The van der Waals surface area contributed by atoms with Gasteiger partial charge in [-0.1, -0.05) is 18.3 Å². The number of amides is 1. The maximum absolute atomic E-state index is 12.0. The van der Waals surface area contributed by atoms with Crippen LogP contribution in [0.3, 0.4) is 0 Å². The van der Waals surface area contributed by atoms with E-state index in [1.807, 2.05) is 27.7 Å². The van der Waals surface area contributed by atoms with Crippen molar-refractivity contribution in [3.8, 4) is 0 Å². The van der Waals surface area contributed by atoms with E-state index in [1.165, 1.54) is 0 Å². The van der Waals surface area contributed by atoms with Gasteiger partial charge in [-0.3, -0.25) is 4.79 Å². The Kier molecular flexibility index (Phi) is 5.33. The van der Waals surface area contributed by atoms with Crippen molar-refractivity contribution in [3.63, 3.8) is 0 Å². The average Bonchev–Trinajstić information content (AvgIpc) is 2.63. The lowest BCUT2D eigenvalue weighted by atomic mass is 10.1. The van der Waals surface area contributed by atoms with Crippen LogP contribution < -0.4 is 5.32 Å². The molecule has 0 aliphatic rings. The van der Waals surface area contributed by atoms with Crippen LogP contribution in [0.25, 0.3) is 0 Å². The lowest BCUT2D eigenvalue weighted by Crippen LogP contribution is -2.34. The molecule has 0 saturated heterocycles. The first-order valence-electron chi connectivity index (χ1n) is 5.69. The van der Waals surface area contributed by atoms with E-state index in [-0.39, 0.29) is 23.2 Å². The minimum absolute atomic E-state index is 0.0504. The van der Waals surface area contributed by atoms with Crippen LogP contribution in [0.1, 0.15) is 55.4 Å². The number of carbonyl (C=O) groups excluding carboxylic acids is 1. The zero-order chi connectivity index (χ0) is 13.0. The third-order valence-electron chi connectivity index (χ3n) is 2.32. The van der Waals surface area contributed by atoms with E-state index in [0.717, 1.165) is 23.6 Å². The first kappa shape index (κ1) is 14.4. The Morgan fingerprint density at radius 2 is 2.06 bits per heavy atom. The maximum Gasteiger partial charge on any atom is 0.265 e. The zero-order valence-corrected chi connectivity index (χ0v) is 12.1. The molecular formula is C11H18ClN3OS. The smallest absolute Gasteiger partial charge is 0.265 e. The van der Waals surface area contributed by atoms with E-state index in [9.17, 15) is 4.79 Å². The number of nitrogens with one attached hydrogen (secondary N) is 1. The quantitative estimate of drug-likeness (QED) is 0.841. The van der Waals surface area contributed by atoms with Crippen molar-refractivity contribution in [1.29, 1.82) is 0 Å². The van der Waals surface area contributed by atoms with Crippen LogP contribution in [0.15, 0.2) is 0 Å². The van der Waals surface area contributed by atoms with Crippen LogP contribution in [-0.2, 0) is 0 Å². The second-order valence-corrected chi connectivity index (χ2v) is 6.03. The summed E-state index contributed by atoms with van der Waals surface area (Å²) in [5.41, 5.74) is 0.763. The van der Waals surface area contributed by atoms with Crippen molar-refractivity contribution in [3.05, 3.63) is 10.6 Å². The first-order valence-corrected chi connectivity index (χ1v) is 6.90. The van der Waals surface area contributed by atoms with Gasteiger partial charge in [0.1, 0.15) is 4.88 Å². The molecule has 0 saturated carbocycles. The molecule has 0 spiro atoms. The number of aromatic nitrogens is 2. The SMILES string of the molecule is CC(Cl)CC(C)NC(=O)c1snnc1C(C)C. The normalized spacial score (nSPS) is 14.7. The Bertz CT molecular complexity index is 379. The molecule has 0 radical (unpaired) electrons. The van der Waals surface area contributed by atoms with Gasteiger partial charge >= 0.3 is 0 Å². The number of halogens is 1. The van der Waals surface area contributed by atoms with Crippen molar-refractivity contribution in [2.45, 2.75) is 51.5 Å². The highest BCUT2D eigenvalue weighted by Gasteiger charge is 2.20. The summed E-state index contributed by atoms with van der Waals surface area (Å²) in [6.45, 7) is 7.86. The minimum Gasteiger partial charge on any atom is -0.349 e. The number of hydrogen-bond acceptors (Lipinski definition) is 4. The van der Waals surface area contributed by atoms with E-state index >= 15 is 0 Å². The number of nitrogens with zero attached hydrogens (tertiary/aromatic N) is 2. The summed E-state index contributed by atoms with van der Waals surface area (Å²) in [6, 6.07) is 0.0529. The highest BCUT2D eigenvalue weighted by atomic mass is 35.5. The third kappa shape index (κ3) is 4.24. The fraction of sp³-hybridized carbons (Fsp3) is 0.727. The Morgan fingerprint density at radius 3 is 2.59 bits per heavy atom. The molecule has 0 aliphatic heterocycles. The summed E-state index contributed by atoms with van der Waals surface area (Å²) in [5, 5.41) is 6.95. The molecular weight excluding hydrogens is 258 g/mol. The second kappa shape index (κ2) is 6.31. The molecule has 4 nitrogen and oxygen atoms in total. The van der Waals surface area contributed by atoms with Crippen molar-refractivity contribution in [2.24, 2.45) is 0 Å². The molecule has 0 aliphatic carbocycles. The van der Waals surface area contributed by atoms with Crippen molar-refractivity contribution in [1.82, 2.24) is 14.9 Å². The molecule has 1 rings (SSSR count). The molecule has 17 heavy (non-hydrogen) atoms. The average molecular weight is 276 g/mol. The molecule has 6 heteroatoms. The monoisotopic (exact) mass is 275 g/mol. The van der Waals surface area contributed by atoms with Crippen molar-refractivity contribution >= 4 is 29.0 Å². The van der Waals surface area contributed by atoms with Gasteiger partial charge in [-0.15, -0.1) is 16.7 Å². The molecule has 2 unspecified atom stereocenters. The molecule has 0 bridgehead atoms. The van der Waals surface area contributed by atoms with E-state index < -0.39 is 0 Å². The fourth-order valence-corrected chi connectivity index (χ4v) is 2.56. The highest BCUT2D eigenvalue weighted by molar-refractivity contribution is 7.08. The topological polar surface area (TPSA) is 54.9 Å². The number of carbonyl (C=O) groups is 1. The van der Waals surface area contributed by atoms with Gasteiger partial charge < -0.3 is 5.32 Å². The zero-order valence-electron chi connectivity index (χ0n) is 10.5. The van der Waals surface area contributed by atoms with E-state index in [1.54, 1.807) is 0 Å². The Morgan fingerprint density at radius 1 is 1.41 bits per heavy atom. The van der Waals surface area contributed by atoms with Gasteiger partial charge in [0.25, 0.3) is 5.91 Å². The van der Waals surface area contributed by atoms with Crippen LogP contribution in [0.5, 0.6) is 0 Å². The van der Waals surface area contributed by atoms with Gasteiger partial charge in [0.2, 0.25) is 0 Å². The van der Waals surface area contributed by atoms with Crippen LogP contribution in [0, 0.1) is 0 Å². The lowest BCUT2D eigenvalue weighted by Gasteiger charge is -2.14. The Hall–Kier alpha value is -0.680. The minimum atomic E-state index is -0.103. The molecule has 1 aromatic rings. The van der Waals surface area contributed by atoms with E-state index in [0.29, 0.717) is 4.88 Å². The van der Waals surface area contributed by atoms with Gasteiger partial charge in [0.05, 0.1) is 5.69 Å². The summed E-state index contributed by atoms with van der Waals surface area (Å²) in [6.07, 6.45) is 0.747. The van der Waals surface area contributed by atoms with Crippen molar-refractivity contribution < 1.29 is 4.79 Å². The van der Waals surface area contributed by atoms with Crippen LogP contribution in [0.4, 0.5) is 0 Å². The van der Waals surface area contributed by atoms with Gasteiger partial charge in [0, 0.05) is 11.4 Å². The van der Waals surface area contributed by atoms with Crippen molar-refractivity contribution in [2.75, 3.05) is 0 Å². The van der Waals surface area contributed by atoms with Gasteiger partial charge in [-0.05, 0) is 37.7 Å². The standard InChI is InChI=1S/C11H18ClN3OS/c1-6(2)9-10(17-15-14-9)11(16)13-8(4)5-7(3)12/h6-8H,5H2,1-4H3,(H,13,16). The summed E-state index contributed by atoms with van der Waals surface area (Å²) in [7, 11) is 0. The second-order valence-electron chi connectivity index (χ2n) is 4.53. The predicted molar refractivity (Wildman–Crippen MR) is 70.9 cm³/mol. The van der Waals surface area contributed by atoms with E-state index in [2.05, 4.69) is 14.9 Å². The van der Waals surface area contributed by atoms with E-state index in [4.69, 9.17) is 11.6 Å². The summed E-state index contributed by atoms with van der Waals surface area (Å²) < 4.78 is 3.84. The van der Waals surface area contributed by atoms with Crippen LogP contribution >= 0.6 is 23.1 Å². The molecule has 0 aromatic carbocycles. The molecule has 0 fully saturated rings. The molecule has 1 amide bonds. The molecule has 96 valence electrons. The highest BCUT2D eigenvalue weighted by Crippen LogP contribution is 2.19. The Labute approximate surface area is 111 Å². The Balaban J connectivity index is 2.67. The molecule has 2 atom stereocenters. The van der Waals surface area contributed by atoms with Gasteiger partial charge in [-0.25, -0.2) is 0 Å². The van der Waals surface area contributed by atoms with Crippen LogP contribution in [-0.4, -0.2) is 26.9 Å². The number of rotatable bonds is 5. The molecule has 1 heterocycles. The summed E-state index contributed by atoms with van der Waals surface area (Å²) >= 11 is 7.03. The maximum atomic E-state index is 12.0. The molecule has 1 N–H and O–H groups in total. The molecule has 1 aromatic heterocycles. The number of hydrogen-bond donors (Lipinski definition) is 1. The first-order chi connectivity index (χ1) is 7.91. The number of alkyl halides is 1. The summed E-state index contributed by atoms with van der Waals surface area (Å²) in [4.78, 5) is 12.6. The summed E-state index contributed by atoms with van der Waals surface area (Å²) in [5.74, 6) is 0.102.